The molecule has 0 amide bonds. The van der Waals surface area contributed by atoms with Crippen molar-refractivity contribution in [3.63, 3.8) is 0 Å². The molecule has 4 rings (SSSR count). The van der Waals surface area contributed by atoms with E-state index in [4.69, 9.17) is 28.9 Å². The minimum atomic E-state index is -0.649. The van der Waals surface area contributed by atoms with Gasteiger partial charge >= 0.3 is 0 Å². The quantitative estimate of drug-likeness (QED) is 0.617. The van der Waals surface area contributed by atoms with Crippen LogP contribution in [0.1, 0.15) is 24.3 Å². The highest BCUT2D eigenvalue weighted by molar-refractivity contribution is 6.42. The van der Waals surface area contributed by atoms with Gasteiger partial charge in [0.25, 0.3) is 0 Å². The Labute approximate surface area is 160 Å². The number of rotatable bonds is 2. The van der Waals surface area contributed by atoms with Gasteiger partial charge in [-0.2, -0.15) is 0 Å². The van der Waals surface area contributed by atoms with Crippen LogP contribution in [-0.4, -0.2) is 23.1 Å². The maximum atomic E-state index is 14.4. The maximum Gasteiger partial charge on any atom is 0.165 e. The van der Waals surface area contributed by atoms with Gasteiger partial charge in [0.15, 0.2) is 11.6 Å². The molecule has 134 valence electrons. The van der Waals surface area contributed by atoms with Crippen molar-refractivity contribution in [1.29, 1.82) is 0 Å². The van der Waals surface area contributed by atoms with E-state index in [1.165, 1.54) is 17.7 Å². The Balaban J connectivity index is 1.79. The summed E-state index contributed by atoms with van der Waals surface area (Å²) in [6.07, 6.45) is 2.19. The van der Waals surface area contributed by atoms with Crippen LogP contribution in [0.25, 0.3) is 22.3 Å². The molecule has 0 unspecified atom stereocenters. The normalized spacial score (nSPS) is 15.5. The third-order valence-corrected chi connectivity index (χ3v) is 5.62. The Bertz CT molecular complexity index is 987. The molecule has 7 heteroatoms. The minimum Gasteiger partial charge on any atom is -0.383 e. The summed E-state index contributed by atoms with van der Waals surface area (Å²) in [5.41, 5.74) is 8.26. The summed E-state index contributed by atoms with van der Waals surface area (Å²) >= 11 is 11.7. The van der Waals surface area contributed by atoms with E-state index in [9.17, 15) is 4.39 Å². The van der Waals surface area contributed by atoms with Gasteiger partial charge in [-0.15, -0.1) is 0 Å². The number of hydrogen-bond acceptors (Lipinski definition) is 4. The van der Waals surface area contributed by atoms with Crippen LogP contribution in [-0.2, 0) is 0 Å². The summed E-state index contributed by atoms with van der Waals surface area (Å²) in [6.45, 7) is 2.04. The van der Waals surface area contributed by atoms with Crippen LogP contribution in [0, 0.1) is 5.82 Å². The number of fused-ring (bicyclic) bond motifs is 1. The summed E-state index contributed by atoms with van der Waals surface area (Å²) in [5, 5.41) is 4.15. The zero-order valence-corrected chi connectivity index (χ0v) is 15.4. The van der Waals surface area contributed by atoms with Gasteiger partial charge in [-0.05, 0) is 61.7 Å². The second-order valence-electron chi connectivity index (χ2n) is 6.46. The van der Waals surface area contributed by atoms with Crippen molar-refractivity contribution in [3.8, 4) is 11.4 Å². The zero-order valence-electron chi connectivity index (χ0n) is 13.9. The van der Waals surface area contributed by atoms with Crippen molar-refractivity contribution < 1.29 is 4.39 Å². The molecule has 0 radical (unpaired) electrons. The first-order valence-electron chi connectivity index (χ1n) is 8.46. The van der Waals surface area contributed by atoms with E-state index in [0.29, 0.717) is 17.3 Å². The summed E-state index contributed by atoms with van der Waals surface area (Å²) in [7, 11) is 0. The van der Waals surface area contributed by atoms with Crippen molar-refractivity contribution in [2.45, 2.75) is 18.8 Å². The number of benzene rings is 2. The fourth-order valence-corrected chi connectivity index (χ4v) is 3.71. The van der Waals surface area contributed by atoms with Crippen LogP contribution in [0.5, 0.6) is 0 Å². The highest BCUT2D eigenvalue weighted by atomic mass is 35.5. The van der Waals surface area contributed by atoms with Crippen LogP contribution in [0.3, 0.4) is 0 Å². The molecule has 0 saturated carbocycles. The monoisotopic (exact) mass is 390 g/mol. The van der Waals surface area contributed by atoms with Gasteiger partial charge in [0.1, 0.15) is 5.82 Å². The number of halogens is 3. The third kappa shape index (κ3) is 3.11. The molecule has 1 aromatic heterocycles. The molecule has 4 nitrogen and oxygen atoms in total. The fraction of sp³-hybridized carbons (Fsp3) is 0.263. The summed E-state index contributed by atoms with van der Waals surface area (Å²) in [5.74, 6) is 0.378. The molecule has 3 N–H and O–H groups in total. The number of nitrogens with two attached hydrogens (primary N) is 1. The van der Waals surface area contributed by atoms with Gasteiger partial charge in [0, 0.05) is 5.39 Å². The summed E-state index contributed by atoms with van der Waals surface area (Å²) < 4.78 is 14.4. The fourth-order valence-electron chi connectivity index (χ4n) is 3.40. The molecule has 0 aliphatic carbocycles. The second-order valence-corrected chi connectivity index (χ2v) is 7.24. The largest absolute Gasteiger partial charge is 0.383 e. The second kappa shape index (κ2) is 6.99. The Morgan fingerprint density at radius 3 is 2.62 bits per heavy atom. The molecule has 0 spiro atoms. The van der Waals surface area contributed by atoms with E-state index >= 15 is 0 Å². The van der Waals surface area contributed by atoms with Crippen molar-refractivity contribution in [1.82, 2.24) is 15.3 Å². The predicted octanol–water partition coefficient (Wildman–Crippen LogP) is 4.79. The molecule has 0 atom stereocenters. The van der Waals surface area contributed by atoms with Gasteiger partial charge in [0.05, 0.1) is 21.1 Å². The molecule has 1 aliphatic rings. The first kappa shape index (κ1) is 17.5. The standard InChI is InChI=1S/C19H17Cl2FN4/c20-14-3-2-12(17(22)16(14)21)19-25-15-4-1-11(9-13(15)18(23)26-19)10-5-7-24-8-6-10/h1-4,9-10,24H,5-8H2,(H2,23,25,26). The number of nitrogens with zero attached hydrogens (tertiary/aromatic N) is 2. The van der Waals surface area contributed by atoms with Crippen LogP contribution in [0.15, 0.2) is 30.3 Å². The van der Waals surface area contributed by atoms with Crippen LogP contribution < -0.4 is 11.1 Å². The molecule has 2 aromatic carbocycles. The van der Waals surface area contributed by atoms with Crippen molar-refractivity contribution in [2.75, 3.05) is 18.8 Å². The number of hydrogen-bond donors (Lipinski definition) is 2. The number of nitrogens with one attached hydrogen (secondary N) is 1. The molecule has 1 aliphatic heterocycles. The number of nitrogen functional groups attached to an aromatic ring is 1. The van der Waals surface area contributed by atoms with E-state index in [1.807, 2.05) is 6.07 Å². The lowest BCUT2D eigenvalue weighted by atomic mass is 9.89. The van der Waals surface area contributed by atoms with E-state index in [1.54, 1.807) is 0 Å². The Kier molecular flexibility index (Phi) is 4.69. The number of aromatic nitrogens is 2. The molecule has 1 fully saturated rings. The molecule has 26 heavy (non-hydrogen) atoms. The van der Waals surface area contributed by atoms with Gasteiger partial charge < -0.3 is 11.1 Å². The summed E-state index contributed by atoms with van der Waals surface area (Å²) in [4.78, 5) is 8.78. The lowest BCUT2D eigenvalue weighted by Gasteiger charge is -2.23. The predicted molar refractivity (Wildman–Crippen MR) is 104 cm³/mol. The van der Waals surface area contributed by atoms with Crippen molar-refractivity contribution >= 4 is 39.9 Å². The molecular weight excluding hydrogens is 374 g/mol. The zero-order chi connectivity index (χ0) is 18.3. The van der Waals surface area contributed by atoms with Gasteiger partial charge in [0.2, 0.25) is 0 Å². The van der Waals surface area contributed by atoms with Crippen molar-refractivity contribution in [3.05, 3.63) is 51.8 Å². The highest BCUT2D eigenvalue weighted by Gasteiger charge is 2.18. The SMILES string of the molecule is Nc1nc(-c2ccc(Cl)c(Cl)c2F)nc2ccc(C3CCNCC3)cc12. The van der Waals surface area contributed by atoms with Gasteiger partial charge in [-0.1, -0.05) is 29.3 Å². The van der Waals surface area contributed by atoms with E-state index in [0.717, 1.165) is 31.3 Å². The van der Waals surface area contributed by atoms with E-state index in [2.05, 4.69) is 27.4 Å². The lowest BCUT2D eigenvalue weighted by molar-refractivity contribution is 0.460. The Morgan fingerprint density at radius 1 is 1.08 bits per heavy atom. The minimum absolute atomic E-state index is 0.146. The first-order chi connectivity index (χ1) is 12.5. The molecule has 3 aromatic rings. The van der Waals surface area contributed by atoms with Gasteiger partial charge in [-0.25, -0.2) is 14.4 Å². The number of piperidine rings is 1. The van der Waals surface area contributed by atoms with E-state index < -0.39 is 5.82 Å². The van der Waals surface area contributed by atoms with Crippen LogP contribution in [0.2, 0.25) is 10.0 Å². The average Bonchev–Trinajstić information content (AvgIpc) is 2.66. The highest BCUT2D eigenvalue weighted by Crippen LogP contribution is 2.34. The smallest absolute Gasteiger partial charge is 0.165 e. The third-order valence-electron chi connectivity index (χ3n) is 4.84. The van der Waals surface area contributed by atoms with Crippen LogP contribution in [0.4, 0.5) is 10.2 Å². The first-order valence-corrected chi connectivity index (χ1v) is 9.22. The van der Waals surface area contributed by atoms with Crippen molar-refractivity contribution in [2.24, 2.45) is 0 Å². The average molecular weight is 391 g/mol. The molecule has 2 heterocycles. The topological polar surface area (TPSA) is 63.8 Å². The summed E-state index contributed by atoms with van der Waals surface area (Å²) in [6, 6.07) is 9.07. The van der Waals surface area contributed by atoms with Crippen LogP contribution >= 0.6 is 23.2 Å². The Morgan fingerprint density at radius 2 is 1.85 bits per heavy atom. The van der Waals surface area contributed by atoms with E-state index in [-0.39, 0.29) is 21.4 Å². The van der Waals surface area contributed by atoms with Gasteiger partial charge in [-0.3, -0.25) is 0 Å². The molecule has 1 saturated heterocycles. The Hall–Kier alpha value is -1.95. The lowest BCUT2D eigenvalue weighted by Crippen LogP contribution is -2.26. The number of anilines is 1. The molecular formula is C19H17Cl2FN4. The molecule has 0 bridgehead atoms. The maximum absolute atomic E-state index is 14.4.